The summed E-state index contributed by atoms with van der Waals surface area (Å²) in [7, 11) is -3.85. The van der Waals surface area contributed by atoms with Crippen LogP contribution in [0.25, 0.3) is 0 Å². The van der Waals surface area contributed by atoms with Crippen molar-refractivity contribution in [2.45, 2.75) is 38.3 Å². The Labute approximate surface area is 178 Å². The Balaban J connectivity index is 1.83. The number of aromatic nitrogens is 4. The molecule has 0 aliphatic carbocycles. The number of pyridine rings is 1. The van der Waals surface area contributed by atoms with Gasteiger partial charge in [0, 0.05) is 18.8 Å². The second-order valence-electron chi connectivity index (χ2n) is 6.28. The van der Waals surface area contributed by atoms with Gasteiger partial charge in [-0.25, -0.2) is 18.1 Å². The second-order valence-corrected chi connectivity index (χ2v) is 8.81. The van der Waals surface area contributed by atoms with Gasteiger partial charge in [-0.2, -0.15) is 0 Å². The summed E-state index contributed by atoms with van der Waals surface area (Å²) in [6.45, 7) is 5.94. The third kappa shape index (κ3) is 4.87. The molecule has 3 aromatic rings. The molecule has 0 fully saturated rings. The molecule has 29 heavy (non-hydrogen) atoms. The number of halogens is 2. The van der Waals surface area contributed by atoms with Crippen LogP contribution >= 0.6 is 23.2 Å². The highest BCUT2D eigenvalue weighted by Gasteiger charge is 2.24. The van der Waals surface area contributed by atoms with Crippen LogP contribution in [0.1, 0.15) is 31.3 Å². The van der Waals surface area contributed by atoms with Gasteiger partial charge in [0.25, 0.3) is 0 Å². The maximum absolute atomic E-state index is 12.7. The zero-order valence-electron chi connectivity index (χ0n) is 15.9. The minimum absolute atomic E-state index is 0.00152. The number of aryl methyl sites for hydroxylation is 1. The molecule has 0 amide bonds. The van der Waals surface area contributed by atoms with E-state index >= 15 is 0 Å². The van der Waals surface area contributed by atoms with Gasteiger partial charge < -0.3 is 4.74 Å². The van der Waals surface area contributed by atoms with E-state index in [0.29, 0.717) is 18.2 Å². The van der Waals surface area contributed by atoms with E-state index in [0.717, 1.165) is 5.56 Å². The van der Waals surface area contributed by atoms with Gasteiger partial charge >= 0.3 is 6.01 Å². The normalized spacial score (nSPS) is 12.7. The van der Waals surface area contributed by atoms with Gasteiger partial charge in [0.2, 0.25) is 15.9 Å². The molecule has 0 unspecified atom stereocenters. The standard InChI is InChI=1S/C18H19Cl2N5O3S/c1-4-25-17(22-23-18(25)28-16-8-5-11(2)10-21-16)12(3)24-29(26,27)13-6-7-14(19)15(20)9-13/h5-10,12,24H,4H2,1-3H3/t12-/m1/s1. The van der Waals surface area contributed by atoms with Gasteiger partial charge in [0.1, 0.15) is 0 Å². The summed E-state index contributed by atoms with van der Waals surface area (Å²) in [5.41, 5.74) is 1.00. The molecule has 0 aliphatic heterocycles. The number of ether oxygens (including phenoxy) is 1. The third-order valence-electron chi connectivity index (χ3n) is 4.06. The molecule has 0 radical (unpaired) electrons. The number of nitrogens with one attached hydrogen (secondary N) is 1. The fourth-order valence-corrected chi connectivity index (χ4v) is 4.19. The lowest BCUT2D eigenvalue weighted by Crippen LogP contribution is -2.29. The summed E-state index contributed by atoms with van der Waals surface area (Å²) >= 11 is 11.8. The second kappa shape index (κ2) is 8.66. The van der Waals surface area contributed by atoms with Crippen molar-refractivity contribution in [3.63, 3.8) is 0 Å². The first-order chi connectivity index (χ1) is 13.7. The smallest absolute Gasteiger partial charge is 0.323 e. The monoisotopic (exact) mass is 455 g/mol. The molecule has 3 rings (SSSR count). The van der Waals surface area contributed by atoms with Gasteiger partial charge in [-0.1, -0.05) is 34.4 Å². The fourth-order valence-electron chi connectivity index (χ4n) is 2.60. The molecule has 0 bridgehead atoms. The molecule has 1 N–H and O–H groups in total. The number of hydrogen-bond donors (Lipinski definition) is 1. The van der Waals surface area contributed by atoms with Crippen LogP contribution in [0.5, 0.6) is 11.9 Å². The van der Waals surface area contributed by atoms with Crippen molar-refractivity contribution in [2.24, 2.45) is 0 Å². The van der Waals surface area contributed by atoms with E-state index in [1.165, 1.54) is 18.2 Å². The van der Waals surface area contributed by atoms with Gasteiger partial charge in [0.15, 0.2) is 5.82 Å². The summed E-state index contributed by atoms with van der Waals surface area (Å²) in [5.74, 6) is 0.770. The van der Waals surface area contributed by atoms with Crippen molar-refractivity contribution < 1.29 is 13.2 Å². The Morgan fingerprint density at radius 3 is 2.55 bits per heavy atom. The Morgan fingerprint density at radius 1 is 1.17 bits per heavy atom. The predicted octanol–water partition coefficient (Wildman–Crippen LogP) is 4.14. The van der Waals surface area contributed by atoms with Crippen molar-refractivity contribution in [3.05, 3.63) is 58.0 Å². The SMILES string of the molecule is CCn1c(Oc2ccc(C)cn2)nnc1[C@@H](C)NS(=O)(=O)c1ccc(Cl)c(Cl)c1. The molecular weight excluding hydrogens is 437 g/mol. The molecule has 1 atom stereocenters. The van der Waals surface area contributed by atoms with Crippen LogP contribution in [0.15, 0.2) is 41.4 Å². The number of rotatable bonds is 7. The predicted molar refractivity (Wildman–Crippen MR) is 110 cm³/mol. The van der Waals surface area contributed by atoms with Crippen LogP contribution < -0.4 is 9.46 Å². The van der Waals surface area contributed by atoms with Crippen molar-refractivity contribution in [2.75, 3.05) is 0 Å². The molecule has 0 spiro atoms. The van der Waals surface area contributed by atoms with Gasteiger partial charge in [-0.05, 0) is 44.5 Å². The van der Waals surface area contributed by atoms with Crippen molar-refractivity contribution in [1.82, 2.24) is 24.5 Å². The van der Waals surface area contributed by atoms with Crippen LogP contribution in [0, 0.1) is 6.92 Å². The first-order valence-electron chi connectivity index (χ1n) is 8.72. The van der Waals surface area contributed by atoms with Crippen molar-refractivity contribution in [3.8, 4) is 11.9 Å². The summed E-state index contributed by atoms with van der Waals surface area (Å²) in [6.07, 6.45) is 1.68. The van der Waals surface area contributed by atoms with E-state index in [1.54, 1.807) is 23.8 Å². The molecule has 0 aliphatic rings. The number of hydrogen-bond acceptors (Lipinski definition) is 6. The highest BCUT2D eigenvalue weighted by molar-refractivity contribution is 7.89. The summed E-state index contributed by atoms with van der Waals surface area (Å²) in [4.78, 5) is 4.18. The molecule has 8 nitrogen and oxygen atoms in total. The Bertz CT molecular complexity index is 1120. The van der Waals surface area contributed by atoms with Crippen LogP contribution in [0.3, 0.4) is 0 Å². The topological polar surface area (TPSA) is 99.0 Å². The van der Waals surface area contributed by atoms with Crippen LogP contribution in [-0.2, 0) is 16.6 Å². The number of nitrogens with zero attached hydrogens (tertiary/aromatic N) is 4. The number of sulfonamides is 1. The van der Waals surface area contributed by atoms with E-state index in [4.69, 9.17) is 27.9 Å². The van der Waals surface area contributed by atoms with E-state index < -0.39 is 16.1 Å². The maximum Gasteiger partial charge on any atom is 0.323 e. The lowest BCUT2D eigenvalue weighted by molar-refractivity contribution is 0.394. The third-order valence-corrected chi connectivity index (χ3v) is 6.34. The highest BCUT2D eigenvalue weighted by atomic mass is 35.5. The average Bonchev–Trinajstić information content (AvgIpc) is 3.08. The van der Waals surface area contributed by atoms with Crippen molar-refractivity contribution in [1.29, 1.82) is 0 Å². The molecular formula is C18H19Cl2N5O3S. The maximum atomic E-state index is 12.7. The average molecular weight is 456 g/mol. The largest absolute Gasteiger partial charge is 0.405 e. The minimum atomic E-state index is -3.85. The molecule has 11 heteroatoms. The van der Waals surface area contributed by atoms with Crippen molar-refractivity contribution >= 4 is 33.2 Å². The zero-order chi connectivity index (χ0) is 21.2. The van der Waals surface area contributed by atoms with Gasteiger partial charge in [-0.15, -0.1) is 5.10 Å². The van der Waals surface area contributed by atoms with Gasteiger partial charge in [-0.3, -0.25) is 4.57 Å². The molecule has 0 saturated heterocycles. The van der Waals surface area contributed by atoms with Crippen LogP contribution in [-0.4, -0.2) is 28.2 Å². The first kappa shape index (κ1) is 21.5. The fraction of sp³-hybridized carbons (Fsp3) is 0.278. The van der Waals surface area contributed by atoms with E-state index in [2.05, 4.69) is 19.9 Å². The summed E-state index contributed by atoms with van der Waals surface area (Å²) in [6, 6.07) is 7.24. The quantitative estimate of drug-likeness (QED) is 0.574. The Hall–Kier alpha value is -2.20. The van der Waals surface area contributed by atoms with Crippen LogP contribution in [0.2, 0.25) is 10.0 Å². The van der Waals surface area contributed by atoms with E-state index in [1.807, 2.05) is 19.9 Å². The minimum Gasteiger partial charge on any atom is -0.405 e. The Kier molecular flexibility index (Phi) is 6.42. The highest BCUT2D eigenvalue weighted by Crippen LogP contribution is 2.26. The summed E-state index contributed by atoms with van der Waals surface area (Å²) < 4.78 is 35.3. The molecule has 2 heterocycles. The lowest BCUT2D eigenvalue weighted by Gasteiger charge is -2.15. The molecule has 154 valence electrons. The molecule has 0 saturated carbocycles. The summed E-state index contributed by atoms with van der Waals surface area (Å²) in [5, 5.41) is 8.55. The lowest BCUT2D eigenvalue weighted by atomic mass is 10.3. The zero-order valence-corrected chi connectivity index (χ0v) is 18.3. The Morgan fingerprint density at radius 2 is 1.93 bits per heavy atom. The van der Waals surface area contributed by atoms with E-state index in [9.17, 15) is 8.42 Å². The first-order valence-corrected chi connectivity index (χ1v) is 11.0. The van der Waals surface area contributed by atoms with Gasteiger partial charge in [0.05, 0.1) is 21.0 Å². The van der Waals surface area contributed by atoms with Crippen LogP contribution in [0.4, 0.5) is 0 Å². The molecule has 2 aromatic heterocycles. The number of benzene rings is 1. The van der Waals surface area contributed by atoms with E-state index in [-0.39, 0.29) is 21.0 Å². The molecule has 1 aromatic carbocycles.